The van der Waals surface area contributed by atoms with Gasteiger partial charge in [-0.2, -0.15) is 0 Å². The Morgan fingerprint density at radius 1 is 1.13 bits per heavy atom. The van der Waals surface area contributed by atoms with Crippen molar-refractivity contribution in [1.82, 2.24) is 10.2 Å². The topological polar surface area (TPSA) is 60.0 Å². The number of amides is 1. The first-order valence-electron chi connectivity index (χ1n) is 10.2. The maximum atomic E-state index is 12.3. The Morgan fingerprint density at radius 3 is 2.63 bits per heavy atom. The van der Waals surface area contributed by atoms with E-state index in [1.165, 1.54) is 11.1 Å². The van der Waals surface area contributed by atoms with Gasteiger partial charge in [0.15, 0.2) is 18.1 Å². The number of carbonyl (C=O) groups excluding carboxylic acids is 1. The molecule has 0 aromatic heterocycles. The first-order chi connectivity index (χ1) is 14.6. The van der Waals surface area contributed by atoms with Crippen LogP contribution in [0.3, 0.4) is 0 Å². The molecule has 1 saturated heterocycles. The van der Waals surface area contributed by atoms with Crippen molar-refractivity contribution in [3.63, 3.8) is 0 Å². The maximum absolute atomic E-state index is 12.3. The number of nitrogens with one attached hydrogen (secondary N) is 1. The average molecular weight is 429 g/mol. The molecular formula is C23H28N2O4S. The number of morpholine rings is 1. The van der Waals surface area contributed by atoms with E-state index in [2.05, 4.69) is 24.4 Å². The van der Waals surface area contributed by atoms with Crippen LogP contribution in [0.5, 0.6) is 11.5 Å². The van der Waals surface area contributed by atoms with Crippen LogP contribution in [0.4, 0.5) is 0 Å². The quantitative estimate of drug-likeness (QED) is 0.652. The molecule has 0 saturated carbocycles. The summed E-state index contributed by atoms with van der Waals surface area (Å²) in [5.41, 5.74) is 3.26. The lowest BCUT2D eigenvalue weighted by atomic mass is 10.1. The van der Waals surface area contributed by atoms with Crippen LogP contribution >= 0.6 is 12.2 Å². The van der Waals surface area contributed by atoms with E-state index in [0.717, 1.165) is 5.56 Å². The fourth-order valence-electron chi connectivity index (χ4n) is 3.17. The summed E-state index contributed by atoms with van der Waals surface area (Å²) in [5, 5.41) is 3.30. The third-order valence-corrected chi connectivity index (χ3v) is 5.30. The minimum atomic E-state index is -0.0553. The van der Waals surface area contributed by atoms with Crippen molar-refractivity contribution >= 4 is 23.1 Å². The highest BCUT2D eigenvalue weighted by Crippen LogP contribution is 2.29. The summed E-state index contributed by atoms with van der Waals surface area (Å²) in [4.78, 5) is 14.7. The molecule has 0 atom stereocenters. The van der Waals surface area contributed by atoms with Crippen LogP contribution in [0.25, 0.3) is 0 Å². The summed E-state index contributed by atoms with van der Waals surface area (Å²) in [6.45, 7) is 7.43. The summed E-state index contributed by atoms with van der Waals surface area (Å²) in [5.74, 6) is 1.05. The van der Waals surface area contributed by atoms with Gasteiger partial charge in [0.2, 0.25) is 0 Å². The Labute approximate surface area is 183 Å². The van der Waals surface area contributed by atoms with E-state index in [0.29, 0.717) is 55.9 Å². The van der Waals surface area contributed by atoms with Gasteiger partial charge in [-0.05, 0) is 43.2 Å². The lowest BCUT2D eigenvalue weighted by Gasteiger charge is -2.26. The molecule has 1 aliphatic rings. The highest BCUT2D eigenvalue weighted by Gasteiger charge is 2.18. The second-order valence-electron chi connectivity index (χ2n) is 6.99. The van der Waals surface area contributed by atoms with Gasteiger partial charge in [-0.1, -0.05) is 36.5 Å². The van der Waals surface area contributed by atoms with Crippen molar-refractivity contribution in [3.8, 4) is 11.5 Å². The van der Waals surface area contributed by atoms with Crippen LogP contribution in [0.1, 0.15) is 23.6 Å². The van der Waals surface area contributed by atoms with Gasteiger partial charge in [0, 0.05) is 25.2 Å². The van der Waals surface area contributed by atoms with E-state index in [1.54, 1.807) is 11.0 Å². The summed E-state index contributed by atoms with van der Waals surface area (Å²) in [6.07, 6.45) is 0. The van der Waals surface area contributed by atoms with E-state index in [4.69, 9.17) is 26.4 Å². The molecule has 1 amide bonds. The number of carbonyl (C=O) groups is 1. The van der Waals surface area contributed by atoms with Crippen LogP contribution in [0.15, 0.2) is 42.5 Å². The van der Waals surface area contributed by atoms with E-state index in [1.807, 2.05) is 31.2 Å². The Balaban J connectivity index is 1.62. The molecule has 0 aliphatic carbocycles. The molecule has 160 valence electrons. The number of nitrogens with zero attached hydrogens (tertiary/aromatic N) is 1. The van der Waals surface area contributed by atoms with E-state index in [9.17, 15) is 4.79 Å². The fraction of sp³-hybridized carbons (Fsp3) is 0.391. The molecule has 2 aromatic rings. The normalized spacial score (nSPS) is 13.6. The number of hydrogen-bond acceptors (Lipinski definition) is 5. The zero-order valence-electron chi connectivity index (χ0n) is 17.5. The number of hydrogen-bond donors (Lipinski definition) is 1. The Kier molecular flexibility index (Phi) is 8.04. The molecule has 1 N–H and O–H groups in total. The van der Waals surface area contributed by atoms with Crippen LogP contribution < -0.4 is 14.8 Å². The van der Waals surface area contributed by atoms with Crippen molar-refractivity contribution in [3.05, 3.63) is 59.2 Å². The molecule has 0 bridgehead atoms. The van der Waals surface area contributed by atoms with Crippen molar-refractivity contribution in [2.45, 2.75) is 20.4 Å². The van der Waals surface area contributed by atoms with E-state index >= 15 is 0 Å². The van der Waals surface area contributed by atoms with Crippen LogP contribution in [-0.4, -0.2) is 55.3 Å². The molecule has 0 radical (unpaired) electrons. The van der Waals surface area contributed by atoms with Gasteiger partial charge in [-0.15, -0.1) is 0 Å². The van der Waals surface area contributed by atoms with E-state index in [-0.39, 0.29) is 12.5 Å². The van der Waals surface area contributed by atoms with Gasteiger partial charge in [-0.3, -0.25) is 4.79 Å². The van der Waals surface area contributed by atoms with Crippen molar-refractivity contribution < 1.29 is 19.0 Å². The first-order valence-corrected chi connectivity index (χ1v) is 10.6. The number of ether oxygens (including phenoxy) is 3. The monoisotopic (exact) mass is 428 g/mol. The molecule has 6 nitrogen and oxygen atoms in total. The molecular weight excluding hydrogens is 400 g/mol. The lowest BCUT2D eigenvalue weighted by molar-refractivity contribution is -0.137. The fourth-order valence-corrected chi connectivity index (χ4v) is 3.37. The molecule has 7 heteroatoms. The number of rotatable bonds is 8. The molecule has 0 unspecified atom stereocenters. The summed E-state index contributed by atoms with van der Waals surface area (Å²) in [7, 11) is 0. The van der Waals surface area contributed by atoms with E-state index < -0.39 is 0 Å². The van der Waals surface area contributed by atoms with Crippen molar-refractivity contribution in [1.29, 1.82) is 0 Å². The number of thiocarbonyl (C=S) groups is 1. The highest BCUT2D eigenvalue weighted by molar-refractivity contribution is 7.80. The predicted octanol–water partition coefficient (Wildman–Crippen LogP) is 3.10. The van der Waals surface area contributed by atoms with Gasteiger partial charge in [0.1, 0.15) is 4.99 Å². The largest absolute Gasteiger partial charge is 0.490 e. The maximum Gasteiger partial charge on any atom is 0.260 e. The minimum Gasteiger partial charge on any atom is -0.490 e. The van der Waals surface area contributed by atoms with Crippen molar-refractivity contribution in [2.24, 2.45) is 0 Å². The standard InChI is InChI=1S/C23H28N2O4S/c1-3-28-21-14-18(23(30)24-15-19-7-5-4-6-17(19)2)8-9-20(21)29-16-22(26)25-10-12-27-13-11-25/h4-9,14H,3,10-13,15-16H2,1-2H3,(H,24,30). The Hall–Kier alpha value is -2.64. The number of aryl methyl sites for hydroxylation is 1. The average Bonchev–Trinajstić information content (AvgIpc) is 2.78. The van der Waals surface area contributed by atoms with Crippen LogP contribution in [0.2, 0.25) is 0 Å². The first kappa shape index (κ1) is 22.1. The second-order valence-corrected chi connectivity index (χ2v) is 7.39. The molecule has 3 rings (SSSR count). The highest BCUT2D eigenvalue weighted by atomic mass is 32.1. The van der Waals surface area contributed by atoms with Gasteiger partial charge < -0.3 is 24.4 Å². The minimum absolute atomic E-state index is 0.0323. The molecule has 2 aromatic carbocycles. The predicted molar refractivity (Wildman–Crippen MR) is 120 cm³/mol. The van der Waals surface area contributed by atoms with Gasteiger partial charge >= 0.3 is 0 Å². The van der Waals surface area contributed by atoms with Crippen LogP contribution in [0, 0.1) is 6.92 Å². The molecule has 1 heterocycles. The Morgan fingerprint density at radius 2 is 1.90 bits per heavy atom. The second kappa shape index (κ2) is 10.9. The zero-order chi connectivity index (χ0) is 21.3. The third-order valence-electron chi connectivity index (χ3n) is 4.92. The Bertz CT molecular complexity index is 881. The third kappa shape index (κ3) is 5.93. The lowest BCUT2D eigenvalue weighted by Crippen LogP contribution is -2.43. The van der Waals surface area contributed by atoms with Gasteiger partial charge in [0.25, 0.3) is 5.91 Å². The SMILES string of the molecule is CCOc1cc(C(=S)NCc2ccccc2C)ccc1OCC(=O)N1CCOCC1. The van der Waals surface area contributed by atoms with Crippen LogP contribution in [-0.2, 0) is 16.1 Å². The number of benzene rings is 2. The molecule has 1 aliphatic heterocycles. The molecule has 1 fully saturated rings. The molecule has 30 heavy (non-hydrogen) atoms. The summed E-state index contributed by atoms with van der Waals surface area (Å²) >= 11 is 5.56. The smallest absolute Gasteiger partial charge is 0.260 e. The summed E-state index contributed by atoms with van der Waals surface area (Å²) in [6, 6.07) is 13.7. The van der Waals surface area contributed by atoms with Gasteiger partial charge in [0.05, 0.1) is 19.8 Å². The summed E-state index contributed by atoms with van der Waals surface area (Å²) < 4.78 is 16.8. The van der Waals surface area contributed by atoms with Gasteiger partial charge in [-0.25, -0.2) is 0 Å². The zero-order valence-corrected chi connectivity index (χ0v) is 18.3. The molecule has 0 spiro atoms. The van der Waals surface area contributed by atoms with Crippen molar-refractivity contribution in [2.75, 3.05) is 39.5 Å².